The number of hydrogen-bond acceptors (Lipinski definition) is 5. The Morgan fingerprint density at radius 2 is 1.83 bits per heavy atom. The normalized spacial score (nSPS) is 12.1. The molecule has 2 rings (SSSR count). The minimum atomic E-state index is -3.84. The number of ether oxygens (including phenoxy) is 1. The number of amides is 2. The van der Waals surface area contributed by atoms with Gasteiger partial charge in [0.15, 0.2) is 0 Å². The van der Waals surface area contributed by atoms with Crippen molar-refractivity contribution in [1.82, 2.24) is 10.2 Å². The smallest absolute Gasteiger partial charge is 0.244 e. The third-order valence-corrected chi connectivity index (χ3v) is 7.04. The Kier molecular flexibility index (Phi) is 10.7. The van der Waals surface area contributed by atoms with Gasteiger partial charge in [-0.25, -0.2) is 8.42 Å². The molecule has 0 aliphatic carbocycles. The van der Waals surface area contributed by atoms with Gasteiger partial charge in [0.25, 0.3) is 0 Å². The van der Waals surface area contributed by atoms with Crippen LogP contribution in [-0.4, -0.2) is 57.6 Å². The number of anilines is 1. The van der Waals surface area contributed by atoms with Crippen LogP contribution in [0.4, 0.5) is 5.69 Å². The van der Waals surface area contributed by atoms with Crippen molar-refractivity contribution in [2.75, 3.05) is 30.8 Å². The van der Waals surface area contributed by atoms with E-state index in [9.17, 15) is 18.0 Å². The van der Waals surface area contributed by atoms with Crippen LogP contribution >= 0.6 is 23.2 Å². The van der Waals surface area contributed by atoms with Gasteiger partial charge >= 0.3 is 0 Å². The van der Waals surface area contributed by atoms with Crippen LogP contribution in [0.25, 0.3) is 0 Å². The van der Waals surface area contributed by atoms with Crippen molar-refractivity contribution in [3.8, 4) is 5.75 Å². The summed E-state index contributed by atoms with van der Waals surface area (Å²) in [5.41, 5.74) is 0.853. The Bertz CT molecular complexity index is 1140. The zero-order valence-electron chi connectivity index (χ0n) is 20.3. The lowest BCUT2D eigenvalue weighted by Gasteiger charge is -2.33. The molecule has 0 heterocycles. The number of nitrogens with zero attached hydrogens (tertiary/aromatic N) is 2. The van der Waals surface area contributed by atoms with Crippen molar-refractivity contribution in [2.24, 2.45) is 0 Å². The van der Waals surface area contributed by atoms with Crippen molar-refractivity contribution in [1.29, 1.82) is 0 Å². The minimum Gasteiger partial charge on any atom is -0.497 e. The molecule has 2 amide bonds. The van der Waals surface area contributed by atoms with Gasteiger partial charge in [-0.3, -0.25) is 13.9 Å². The van der Waals surface area contributed by atoms with Crippen molar-refractivity contribution in [2.45, 2.75) is 39.3 Å². The Balaban J connectivity index is 2.47. The Morgan fingerprint density at radius 3 is 2.40 bits per heavy atom. The average molecular weight is 545 g/mol. The first kappa shape index (κ1) is 28.7. The molecule has 0 fully saturated rings. The molecule has 0 spiro atoms. The van der Waals surface area contributed by atoms with Crippen molar-refractivity contribution in [3.05, 3.63) is 58.1 Å². The molecule has 0 aromatic heterocycles. The van der Waals surface area contributed by atoms with Crippen LogP contribution in [0.5, 0.6) is 5.75 Å². The van der Waals surface area contributed by atoms with Crippen molar-refractivity contribution in [3.63, 3.8) is 0 Å². The van der Waals surface area contributed by atoms with Crippen LogP contribution < -0.4 is 14.4 Å². The number of methoxy groups -OCH3 is 1. The first-order chi connectivity index (χ1) is 16.5. The van der Waals surface area contributed by atoms with E-state index in [0.717, 1.165) is 17.0 Å². The minimum absolute atomic E-state index is 0.00258. The Hall–Kier alpha value is -2.49. The van der Waals surface area contributed by atoms with E-state index in [2.05, 4.69) is 5.32 Å². The highest BCUT2D eigenvalue weighted by atomic mass is 35.5. The molecule has 8 nitrogen and oxygen atoms in total. The summed E-state index contributed by atoms with van der Waals surface area (Å²) in [4.78, 5) is 27.9. The molecule has 192 valence electrons. The first-order valence-electron chi connectivity index (χ1n) is 11.1. The Labute approximate surface area is 217 Å². The van der Waals surface area contributed by atoms with E-state index in [4.69, 9.17) is 27.9 Å². The second-order valence-corrected chi connectivity index (χ2v) is 10.7. The van der Waals surface area contributed by atoms with Crippen LogP contribution in [0.2, 0.25) is 10.0 Å². The summed E-state index contributed by atoms with van der Waals surface area (Å²) in [6.07, 6.45) is 2.08. The zero-order valence-corrected chi connectivity index (χ0v) is 22.6. The van der Waals surface area contributed by atoms with E-state index in [-0.39, 0.29) is 18.1 Å². The summed E-state index contributed by atoms with van der Waals surface area (Å²) < 4.78 is 31.5. The number of halogens is 2. The predicted octanol–water partition coefficient (Wildman–Crippen LogP) is 4.10. The summed E-state index contributed by atoms with van der Waals surface area (Å²) >= 11 is 12.4. The molecule has 1 unspecified atom stereocenters. The predicted molar refractivity (Wildman–Crippen MR) is 140 cm³/mol. The van der Waals surface area contributed by atoms with Gasteiger partial charge in [-0.1, -0.05) is 49.2 Å². The number of carbonyl (C=O) groups is 2. The zero-order chi connectivity index (χ0) is 26.2. The second-order valence-electron chi connectivity index (χ2n) is 7.94. The summed E-state index contributed by atoms with van der Waals surface area (Å²) in [5.74, 6) is -0.429. The first-order valence-corrected chi connectivity index (χ1v) is 13.7. The third-order valence-electron chi connectivity index (χ3n) is 5.31. The van der Waals surface area contributed by atoms with Gasteiger partial charge < -0.3 is 15.0 Å². The van der Waals surface area contributed by atoms with Gasteiger partial charge in [0.2, 0.25) is 21.8 Å². The largest absolute Gasteiger partial charge is 0.497 e. The second kappa shape index (κ2) is 13.0. The average Bonchev–Trinajstić information content (AvgIpc) is 2.81. The van der Waals surface area contributed by atoms with Gasteiger partial charge in [-0.2, -0.15) is 0 Å². The molecule has 1 N–H and O–H groups in total. The fourth-order valence-corrected chi connectivity index (χ4v) is 4.81. The highest BCUT2D eigenvalue weighted by Gasteiger charge is 2.32. The number of sulfonamides is 1. The summed E-state index contributed by atoms with van der Waals surface area (Å²) in [7, 11) is -2.37. The van der Waals surface area contributed by atoms with Crippen LogP contribution in [0.1, 0.15) is 32.3 Å². The van der Waals surface area contributed by atoms with E-state index in [1.54, 1.807) is 43.3 Å². The molecular weight excluding hydrogens is 513 g/mol. The maximum Gasteiger partial charge on any atom is 0.244 e. The van der Waals surface area contributed by atoms with E-state index in [0.29, 0.717) is 34.3 Å². The fourth-order valence-electron chi connectivity index (χ4n) is 3.50. The van der Waals surface area contributed by atoms with Crippen LogP contribution in [0.3, 0.4) is 0 Å². The lowest BCUT2D eigenvalue weighted by Crippen LogP contribution is -2.52. The fraction of sp³-hybridized carbons (Fsp3) is 0.417. The van der Waals surface area contributed by atoms with Crippen LogP contribution in [0, 0.1) is 0 Å². The molecule has 0 radical (unpaired) electrons. The maximum absolute atomic E-state index is 13.6. The molecule has 0 aliphatic heterocycles. The van der Waals surface area contributed by atoms with Crippen molar-refractivity contribution >= 4 is 50.7 Å². The number of benzene rings is 2. The monoisotopic (exact) mass is 543 g/mol. The van der Waals surface area contributed by atoms with Gasteiger partial charge in [0, 0.05) is 29.2 Å². The SMILES string of the molecule is CCCNC(=O)C(CC)N(Cc1ccc(Cl)cc1Cl)C(=O)CN(c1cccc(OC)c1)S(C)(=O)=O. The summed E-state index contributed by atoms with van der Waals surface area (Å²) in [5, 5.41) is 3.60. The van der Waals surface area contributed by atoms with E-state index >= 15 is 0 Å². The number of carbonyl (C=O) groups excluding carboxylic acids is 2. The highest BCUT2D eigenvalue weighted by molar-refractivity contribution is 7.92. The van der Waals surface area contributed by atoms with Gasteiger partial charge in [0.05, 0.1) is 19.1 Å². The van der Waals surface area contributed by atoms with Gasteiger partial charge in [-0.15, -0.1) is 0 Å². The Morgan fingerprint density at radius 1 is 1.11 bits per heavy atom. The molecule has 2 aromatic rings. The van der Waals surface area contributed by atoms with Gasteiger partial charge in [0.1, 0.15) is 18.3 Å². The van der Waals surface area contributed by atoms with E-state index < -0.39 is 28.5 Å². The summed E-state index contributed by atoms with van der Waals surface area (Å²) in [6.45, 7) is 3.67. The molecule has 0 saturated heterocycles. The molecule has 2 aromatic carbocycles. The number of hydrogen-bond donors (Lipinski definition) is 1. The molecule has 0 saturated carbocycles. The van der Waals surface area contributed by atoms with Gasteiger partial charge in [-0.05, 0) is 42.7 Å². The lowest BCUT2D eigenvalue weighted by atomic mass is 10.1. The topological polar surface area (TPSA) is 96.0 Å². The molecule has 1 atom stereocenters. The van der Waals surface area contributed by atoms with Crippen molar-refractivity contribution < 1.29 is 22.7 Å². The quantitative estimate of drug-likeness (QED) is 0.434. The number of nitrogens with one attached hydrogen (secondary N) is 1. The maximum atomic E-state index is 13.6. The summed E-state index contributed by atoms with van der Waals surface area (Å²) in [6, 6.07) is 10.5. The molecule has 0 aliphatic rings. The molecular formula is C24H31Cl2N3O5S. The van der Waals surface area contributed by atoms with E-state index in [1.807, 2.05) is 6.92 Å². The molecule has 0 bridgehead atoms. The highest BCUT2D eigenvalue weighted by Crippen LogP contribution is 2.26. The molecule has 11 heteroatoms. The number of rotatable bonds is 12. The van der Waals surface area contributed by atoms with Crippen LogP contribution in [0.15, 0.2) is 42.5 Å². The van der Waals surface area contributed by atoms with E-state index in [1.165, 1.54) is 18.1 Å². The lowest BCUT2D eigenvalue weighted by molar-refractivity contribution is -0.140. The molecule has 35 heavy (non-hydrogen) atoms. The standard InChI is InChI=1S/C24H31Cl2N3O5S/c1-5-12-27-24(31)22(6-2)28(15-17-10-11-18(25)13-21(17)26)23(30)16-29(35(4,32)33)19-8-7-9-20(14-19)34-3/h7-11,13-14,22H,5-6,12,15-16H2,1-4H3,(H,27,31). The van der Waals surface area contributed by atoms with Crippen LogP contribution in [-0.2, 0) is 26.2 Å². The third kappa shape index (κ3) is 8.02.